The van der Waals surface area contributed by atoms with E-state index in [2.05, 4.69) is 19.1 Å². The van der Waals surface area contributed by atoms with Crippen molar-refractivity contribution in [3.63, 3.8) is 0 Å². The zero-order valence-corrected chi connectivity index (χ0v) is 25.0. The molecule has 0 N–H and O–H groups in total. The van der Waals surface area contributed by atoms with Crippen LogP contribution < -0.4 is 21.2 Å². The average Bonchev–Trinajstić information content (AvgIpc) is 2.91. The number of halogens is 1. The number of rotatable bonds is 15. The van der Waals surface area contributed by atoms with Crippen molar-refractivity contribution in [1.29, 1.82) is 0 Å². The molecule has 0 aliphatic heterocycles. The molecule has 206 valence electrons. The maximum atomic E-state index is 11.2. The van der Waals surface area contributed by atoms with Crippen LogP contribution in [-0.4, -0.2) is 17.9 Å². The number of unbranched alkanes of at least 4 members (excludes halogenated alkanes) is 9. The Balaban J connectivity index is 0.000000279. The van der Waals surface area contributed by atoms with Crippen LogP contribution in [-0.2, 0) is 16.5 Å². The van der Waals surface area contributed by atoms with Gasteiger partial charge in [-0.3, -0.25) is 10.1 Å². The molecule has 0 atom stereocenters. The van der Waals surface area contributed by atoms with Crippen LogP contribution in [0.25, 0.3) is 0 Å². The molecule has 3 rings (SSSR count). The summed E-state index contributed by atoms with van der Waals surface area (Å²) < 4.78 is 36.0. The molecule has 0 amide bonds. The fourth-order valence-corrected chi connectivity index (χ4v) is 6.94. The quantitative estimate of drug-likeness (QED) is 0.0775. The van der Waals surface area contributed by atoms with Gasteiger partial charge in [-0.2, -0.15) is 0 Å². The Kier molecular flexibility index (Phi) is 15.2. The predicted molar refractivity (Wildman–Crippen MR) is 147 cm³/mol. The third kappa shape index (κ3) is 13.0. The van der Waals surface area contributed by atoms with E-state index in [0.717, 1.165) is 12.8 Å². The van der Waals surface area contributed by atoms with Gasteiger partial charge in [0.05, 0.1) is 9.82 Å². The van der Waals surface area contributed by atoms with E-state index in [1.165, 1.54) is 64.6 Å². The van der Waals surface area contributed by atoms with E-state index in [9.17, 15) is 23.1 Å². The molecule has 0 radical (unpaired) electrons. The highest BCUT2D eigenvalue weighted by Gasteiger charge is 2.16. The standard InChI is InChI=1S/C18H30O3S.C12H9INO2/c1-2-3-4-5-6-7-8-9-10-11-14-17-15-12-13-16-18(17)22(19,20)21;15-14(16)12-8-6-11(7-9-12)13-10-4-2-1-3-5-10/h12-13,15-16H,2-11,14H2,1H3,(H,19,20,21);1-9H/q;+1/p-1. The molecule has 0 bridgehead atoms. The molecule has 0 saturated carbocycles. The first-order valence-corrected chi connectivity index (χ1v) is 16.9. The van der Waals surface area contributed by atoms with Crippen molar-refractivity contribution in [2.75, 3.05) is 0 Å². The van der Waals surface area contributed by atoms with Gasteiger partial charge in [0, 0.05) is 12.1 Å². The first-order valence-electron chi connectivity index (χ1n) is 13.3. The van der Waals surface area contributed by atoms with Gasteiger partial charge < -0.3 is 4.55 Å². The van der Waals surface area contributed by atoms with Gasteiger partial charge in [-0.25, -0.2) is 8.42 Å². The molecular formula is C30H38INO5S. The van der Waals surface area contributed by atoms with Crippen molar-refractivity contribution >= 4 is 15.8 Å². The highest BCUT2D eigenvalue weighted by molar-refractivity contribution is 7.85. The zero-order valence-electron chi connectivity index (χ0n) is 22.1. The minimum Gasteiger partial charge on any atom is -0.744 e. The van der Waals surface area contributed by atoms with E-state index < -0.39 is 10.1 Å². The van der Waals surface area contributed by atoms with Crippen molar-refractivity contribution in [2.24, 2.45) is 0 Å². The largest absolute Gasteiger partial charge is 0.744 e. The van der Waals surface area contributed by atoms with Gasteiger partial charge in [-0.1, -0.05) is 101 Å². The lowest BCUT2D eigenvalue weighted by molar-refractivity contribution is -0.597. The molecule has 3 aromatic rings. The fourth-order valence-electron chi connectivity index (χ4n) is 3.99. The van der Waals surface area contributed by atoms with Crippen molar-refractivity contribution < 1.29 is 39.1 Å². The summed E-state index contributed by atoms with van der Waals surface area (Å²) in [6.45, 7) is 2.23. The lowest BCUT2D eigenvalue weighted by Crippen LogP contribution is -3.61. The Morgan fingerprint density at radius 1 is 0.684 bits per heavy atom. The van der Waals surface area contributed by atoms with Gasteiger partial charge in [-0.15, -0.1) is 0 Å². The molecule has 0 fully saturated rings. The smallest absolute Gasteiger partial charge is 0.357 e. The number of nitrogens with zero attached hydrogens (tertiary/aromatic N) is 1. The number of non-ortho nitro benzene ring substituents is 1. The summed E-state index contributed by atoms with van der Waals surface area (Å²) in [5, 5.41) is 10.5. The van der Waals surface area contributed by atoms with Crippen molar-refractivity contribution in [3.05, 3.63) is 102 Å². The number of aryl methyl sites for hydroxylation is 1. The Morgan fingerprint density at radius 3 is 1.74 bits per heavy atom. The van der Waals surface area contributed by atoms with E-state index in [0.29, 0.717) is 12.0 Å². The van der Waals surface area contributed by atoms with Crippen LogP contribution in [0.2, 0.25) is 0 Å². The zero-order chi connectivity index (χ0) is 27.6. The first-order chi connectivity index (χ1) is 18.3. The lowest BCUT2D eigenvalue weighted by Gasteiger charge is -2.12. The van der Waals surface area contributed by atoms with Gasteiger partial charge in [0.25, 0.3) is 5.69 Å². The molecule has 38 heavy (non-hydrogen) atoms. The molecule has 0 heterocycles. The minimum atomic E-state index is -4.35. The molecular weight excluding hydrogens is 613 g/mol. The van der Waals surface area contributed by atoms with Crippen LogP contribution in [0.15, 0.2) is 83.8 Å². The second-order valence-electron chi connectivity index (χ2n) is 9.12. The van der Waals surface area contributed by atoms with Crippen LogP contribution in [0.5, 0.6) is 0 Å². The molecule has 0 saturated heterocycles. The van der Waals surface area contributed by atoms with Crippen LogP contribution in [0.4, 0.5) is 5.69 Å². The summed E-state index contributed by atoms with van der Waals surface area (Å²) in [6, 6.07) is 23.6. The Bertz CT molecular complexity index is 1180. The van der Waals surface area contributed by atoms with Gasteiger partial charge in [0.2, 0.25) is 0 Å². The Hall–Kier alpha value is -2.30. The van der Waals surface area contributed by atoms with E-state index in [-0.39, 0.29) is 36.7 Å². The highest BCUT2D eigenvalue weighted by Crippen LogP contribution is 2.18. The number of benzene rings is 3. The van der Waals surface area contributed by atoms with Crippen LogP contribution >= 0.6 is 0 Å². The monoisotopic (exact) mass is 651 g/mol. The van der Waals surface area contributed by atoms with Crippen molar-refractivity contribution in [2.45, 2.75) is 82.4 Å². The number of hydrogen-bond acceptors (Lipinski definition) is 5. The van der Waals surface area contributed by atoms with Gasteiger partial charge >= 0.3 is 21.2 Å². The average molecular weight is 652 g/mol. The maximum Gasteiger partial charge on any atom is 0.357 e. The van der Waals surface area contributed by atoms with Crippen LogP contribution in [0, 0.1) is 17.3 Å². The van der Waals surface area contributed by atoms with E-state index >= 15 is 0 Å². The Morgan fingerprint density at radius 2 is 1.18 bits per heavy atom. The Labute approximate surface area is 238 Å². The second kappa shape index (κ2) is 18.1. The third-order valence-corrected chi connectivity index (χ3v) is 9.65. The summed E-state index contributed by atoms with van der Waals surface area (Å²) in [6.07, 6.45) is 13.2. The van der Waals surface area contributed by atoms with Crippen molar-refractivity contribution in [3.8, 4) is 0 Å². The number of nitro benzene ring substituents is 1. The molecule has 0 aliphatic rings. The summed E-state index contributed by atoms with van der Waals surface area (Å²) in [5.74, 6) is 0. The van der Waals surface area contributed by atoms with Gasteiger partial charge in [-0.05, 0) is 48.7 Å². The highest BCUT2D eigenvalue weighted by atomic mass is 127. The summed E-state index contributed by atoms with van der Waals surface area (Å²) in [4.78, 5) is 10.1. The maximum absolute atomic E-state index is 11.2. The minimum absolute atomic E-state index is 0.0501. The molecule has 0 spiro atoms. The third-order valence-electron chi connectivity index (χ3n) is 6.03. The molecule has 0 aromatic heterocycles. The lowest BCUT2D eigenvalue weighted by atomic mass is 10.0. The topological polar surface area (TPSA) is 100 Å². The molecule has 0 aliphatic carbocycles. The summed E-state index contributed by atoms with van der Waals surface area (Å²) in [5.41, 5.74) is 0.817. The summed E-state index contributed by atoms with van der Waals surface area (Å²) >= 11 is -0.227. The van der Waals surface area contributed by atoms with Gasteiger partial charge in [0.15, 0.2) is 7.14 Å². The second-order valence-corrected chi connectivity index (χ2v) is 13.5. The molecule has 0 unspecified atom stereocenters. The molecule has 3 aromatic carbocycles. The number of nitro groups is 1. The summed E-state index contributed by atoms with van der Waals surface area (Å²) in [7, 11) is -4.35. The fraction of sp³-hybridized carbons (Fsp3) is 0.400. The first kappa shape index (κ1) is 31.9. The molecule has 8 heteroatoms. The van der Waals surface area contributed by atoms with E-state index in [1.807, 2.05) is 30.3 Å². The van der Waals surface area contributed by atoms with E-state index in [1.54, 1.807) is 30.3 Å². The van der Waals surface area contributed by atoms with E-state index in [4.69, 9.17) is 0 Å². The number of hydrogen-bond donors (Lipinski definition) is 0. The molecule has 6 nitrogen and oxygen atoms in total. The predicted octanol–water partition coefficient (Wildman–Crippen LogP) is 4.78. The van der Waals surface area contributed by atoms with Crippen LogP contribution in [0.3, 0.4) is 0 Å². The van der Waals surface area contributed by atoms with Crippen molar-refractivity contribution in [1.82, 2.24) is 0 Å². The normalized spacial score (nSPS) is 11.0. The SMILES string of the molecule is CCCCCCCCCCCCc1ccccc1S(=O)(=O)[O-].O=[N+]([O-])c1ccc([I+]c2ccccc2)cc1. The van der Waals surface area contributed by atoms with Crippen LogP contribution in [0.1, 0.15) is 76.7 Å². The van der Waals surface area contributed by atoms with Gasteiger partial charge in [0.1, 0.15) is 10.1 Å².